The van der Waals surface area contributed by atoms with E-state index in [1.165, 1.54) is 10.9 Å². The van der Waals surface area contributed by atoms with Crippen LogP contribution in [0.2, 0.25) is 5.02 Å². The van der Waals surface area contributed by atoms with E-state index in [1.54, 1.807) is 31.2 Å². The summed E-state index contributed by atoms with van der Waals surface area (Å²) in [5.41, 5.74) is 1.64. The molecule has 6 nitrogen and oxygen atoms in total. The highest BCUT2D eigenvalue weighted by atomic mass is 35.5. The number of carboxylic acids is 1. The molecule has 22 heavy (non-hydrogen) atoms. The third-order valence-electron chi connectivity index (χ3n) is 3.10. The number of hydrogen-bond donors (Lipinski definition) is 2. The van der Waals surface area contributed by atoms with E-state index in [0.717, 1.165) is 0 Å². The van der Waals surface area contributed by atoms with E-state index in [4.69, 9.17) is 16.7 Å². The number of hydrogen-bond acceptors (Lipinski definition) is 3. The smallest absolute Gasteiger partial charge is 0.303 e. The quantitative estimate of drug-likeness (QED) is 0.632. The minimum Gasteiger partial charge on any atom is -0.481 e. The van der Waals surface area contributed by atoms with Crippen molar-refractivity contribution in [2.75, 3.05) is 6.54 Å². The molecule has 0 atom stereocenters. The molecule has 116 valence electrons. The lowest BCUT2D eigenvalue weighted by Gasteiger charge is -2.00. The molecule has 0 aliphatic rings. The van der Waals surface area contributed by atoms with Crippen molar-refractivity contribution in [1.29, 1.82) is 0 Å². The van der Waals surface area contributed by atoms with Crippen molar-refractivity contribution in [3.8, 4) is 5.69 Å². The minimum absolute atomic E-state index is 0.0679. The highest BCUT2D eigenvalue weighted by Crippen LogP contribution is 2.12. The van der Waals surface area contributed by atoms with E-state index in [-0.39, 0.29) is 12.0 Å². The number of benzene rings is 1. The van der Waals surface area contributed by atoms with E-state index < -0.39 is 5.97 Å². The largest absolute Gasteiger partial charge is 0.481 e. The Hall–Kier alpha value is -2.34. The molecule has 0 bridgehead atoms. The molecule has 0 aliphatic heterocycles. The zero-order chi connectivity index (χ0) is 16.1. The molecule has 1 heterocycles. The lowest BCUT2D eigenvalue weighted by molar-refractivity contribution is -0.137. The monoisotopic (exact) mass is 321 g/mol. The maximum absolute atomic E-state index is 12.4. The van der Waals surface area contributed by atoms with Gasteiger partial charge >= 0.3 is 5.97 Å². The van der Waals surface area contributed by atoms with Gasteiger partial charge in [-0.25, -0.2) is 4.68 Å². The lowest BCUT2D eigenvalue weighted by atomic mass is 10.2. The summed E-state index contributed by atoms with van der Waals surface area (Å²) in [4.78, 5) is 26.9. The molecule has 0 amide bonds. The molecular formula is C15H16ClN3O3. The Kier molecular flexibility index (Phi) is 5.16. The Morgan fingerprint density at radius 1 is 1.41 bits per heavy atom. The van der Waals surface area contributed by atoms with E-state index in [1.807, 2.05) is 0 Å². The highest BCUT2D eigenvalue weighted by molar-refractivity contribution is 6.30. The van der Waals surface area contributed by atoms with Crippen LogP contribution in [0.15, 0.2) is 34.1 Å². The van der Waals surface area contributed by atoms with Crippen molar-refractivity contribution < 1.29 is 9.90 Å². The third-order valence-corrected chi connectivity index (χ3v) is 3.35. The molecule has 0 saturated carbocycles. The number of aromatic amines is 1. The van der Waals surface area contributed by atoms with Crippen LogP contribution < -0.4 is 5.56 Å². The summed E-state index contributed by atoms with van der Waals surface area (Å²) in [6.07, 6.45) is 2.00. The van der Waals surface area contributed by atoms with Gasteiger partial charge in [0.2, 0.25) is 0 Å². The van der Waals surface area contributed by atoms with Gasteiger partial charge in [0.25, 0.3) is 5.56 Å². The summed E-state index contributed by atoms with van der Waals surface area (Å²) in [5, 5.41) is 12.1. The Morgan fingerprint density at radius 3 is 2.73 bits per heavy atom. The zero-order valence-electron chi connectivity index (χ0n) is 12.0. The molecule has 0 fully saturated rings. The van der Waals surface area contributed by atoms with Gasteiger partial charge in [-0.05, 0) is 37.6 Å². The van der Waals surface area contributed by atoms with E-state index in [0.29, 0.717) is 34.9 Å². The first kappa shape index (κ1) is 16.0. The molecule has 1 aromatic carbocycles. The predicted octanol–water partition coefficient (Wildman–Crippen LogP) is 2.41. The second-order valence-electron chi connectivity index (χ2n) is 4.80. The van der Waals surface area contributed by atoms with Gasteiger partial charge in [0, 0.05) is 29.9 Å². The number of halogens is 1. The van der Waals surface area contributed by atoms with Crippen molar-refractivity contribution in [2.45, 2.75) is 19.8 Å². The number of carboxylic acid groups (broad SMARTS) is 1. The van der Waals surface area contributed by atoms with E-state index >= 15 is 0 Å². The number of aliphatic carboxylic acids is 1. The van der Waals surface area contributed by atoms with Crippen LogP contribution in [0.3, 0.4) is 0 Å². The molecule has 2 N–H and O–H groups in total. The van der Waals surface area contributed by atoms with Crippen LogP contribution in [0.5, 0.6) is 0 Å². The van der Waals surface area contributed by atoms with Gasteiger partial charge in [0.1, 0.15) is 0 Å². The Bertz CT molecular complexity index is 744. The number of aliphatic imine (C=N–C) groups is 1. The molecule has 7 heteroatoms. The van der Waals surface area contributed by atoms with Gasteiger partial charge in [-0.1, -0.05) is 11.6 Å². The van der Waals surface area contributed by atoms with Crippen LogP contribution in [-0.4, -0.2) is 33.6 Å². The first-order valence-corrected chi connectivity index (χ1v) is 7.16. The maximum atomic E-state index is 12.4. The Labute approximate surface area is 132 Å². The van der Waals surface area contributed by atoms with Crippen molar-refractivity contribution in [2.24, 2.45) is 4.99 Å². The average molecular weight is 322 g/mol. The topological polar surface area (TPSA) is 87.5 Å². The van der Waals surface area contributed by atoms with Gasteiger partial charge in [0.15, 0.2) is 0 Å². The number of H-pyrrole nitrogens is 1. The first-order valence-electron chi connectivity index (χ1n) is 6.78. The summed E-state index contributed by atoms with van der Waals surface area (Å²) < 4.78 is 1.42. The van der Waals surface area contributed by atoms with Crippen LogP contribution in [0.4, 0.5) is 0 Å². The number of rotatable bonds is 6. The number of aryl methyl sites for hydroxylation is 1. The second-order valence-corrected chi connectivity index (χ2v) is 5.24. The van der Waals surface area contributed by atoms with Crippen LogP contribution in [0, 0.1) is 6.92 Å². The molecule has 0 unspecified atom stereocenters. The summed E-state index contributed by atoms with van der Waals surface area (Å²) in [6.45, 7) is 2.16. The summed E-state index contributed by atoms with van der Waals surface area (Å²) in [5.74, 6) is -0.849. The van der Waals surface area contributed by atoms with Crippen LogP contribution in [-0.2, 0) is 4.79 Å². The molecule has 0 spiro atoms. The summed E-state index contributed by atoms with van der Waals surface area (Å²) >= 11 is 5.84. The highest BCUT2D eigenvalue weighted by Gasteiger charge is 2.10. The minimum atomic E-state index is -0.849. The molecule has 0 radical (unpaired) electrons. The predicted molar refractivity (Wildman–Crippen MR) is 85.5 cm³/mol. The number of aromatic nitrogens is 2. The maximum Gasteiger partial charge on any atom is 0.303 e. The Balaban J connectivity index is 2.17. The van der Waals surface area contributed by atoms with Gasteiger partial charge in [-0.3, -0.25) is 19.7 Å². The van der Waals surface area contributed by atoms with E-state index in [2.05, 4.69) is 10.1 Å². The fourth-order valence-corrected chi connectivity index (χ4v) is 2.09. The van der Waals surface area contributed by atoms with Gasteiger partial charge in [-0.2, -0.15) is 0 Å². The third kappa shape index (κ3) is 3.85. The molecule has 2 aromatic rings. The number of nitrogens with one attached hydrogen (secondary N) is 1. The molecular weight excluding hydrogens is 306 g/mol. The molecule has 2 rings (SSSR count). The van der Waals surface area contributed by atoms with Crippen molar-refractivity contribution in [1.82, 2.24) is 9.78 Å². The van der Waals surface area contributed by atoms with Crippen molar-refractivity contribution >= 4 is 23.8 Å². The first-order chi connectivity index (χ1) is 10.5. The van der Waals surface area contributed by atoms with Crippen LogP contribution in [0.25, 0.3) is 5.69 Å². The standard InChI is InChI=1S/C15H16ClN3O3/c1-10-13(9-17-8-2-3-14(20)21)15(22)19(18-10)12-6-4-11(16)5-7-12/h4-7,9,18H,2-3,8H2,1H3,(H,20,21). The average Bonchev–Trinajstić information content (AvgIpc) is 2.75. The summed E-state index contributed by atoms with van der Waals surface area (Å²) in [7, 11) is 0. The van der Waals surface area contributed by atoms with Gasteiger partial charge in [0.05, 0.1) is 11.3 Å². The fraction of sp³-hybridized carbons (Fsp3) is 0.267. The lowest BCUT2D eigenvalue weighted by Crippen LogP contribution is -2.17. The van der Waals surface area contributed by atoms with Crippen LogP contribution in [0.1, 0.15) is 24.1 Å². The zero-order valence-corrected chi connectivity index (χ0v) is 12.8. The Morgan fingerprint density at radius 2 is 2.09 bits per heavy atom. The van der Waals surface area contributed by atoms with E-state index in [9.17, 15) is 9.59 Å². The van der Waals surface area contributed by atoms with Crippen molar-refractivity contribution in [3.63, 3.8) is 0 Å². The molecule has 1 aromatic heterocycles. The van der Waals surface area contributed by atoms with Crippen molar-refractivity contribution in [3.05, 3.63) is 50.9 Å². The number of carbonyl (C=O) groups is 1. The fourth-order valence-electron chi connectivity index (χ4n) is 1.96. The second kappa shape index (κ2) is 7.09. The summed E-state index contributed by atoms with van der Waals surface area (Å²) in [6, 6.07) is 6.90. The SMILES string of the molecule is Cc1[nH]n(-c2ccc(Cl)cc2)c(=O)c1C=NCCCC(=O)O. The van der Waals surface area contributed by atoms with Crippen LogP contribution >= 0.6 is 11.6 Å². The van der Waals surface area contributed by atoms with Gasteiger partial charge < -0.3 is 5.11 Å². The molecule has 0 saturated heterocycles. The van der Waals surface area contributed by atoms with Gasteiger partial charge in [-0.15, -0.1) is 0 Å². The normalized spacial score (nSPS) is 11.2. The molecule has 0 aliphatic carbocycles. The number of nitrogens with zero attached hydrogens (tertiary/aromatic N) is 2.